The van der Waals surface area contributed by atoms with Crippen molar-refractivity contribution < 1.29 is 4.52 Å². The molecule has 2 atom stereocenters. The van der Waals surface area contributed by atoms with Gasteiger partial charge < -0.3 is 10.3 Å². The Morgan fingerprint density at radius 2 is 2.14 bits per heavy atom. The van der Waals surface area contributed by atoms with Gasteiger partial charge in [0.2, 0.25) is 0 Å². The van der Waals surface area contributed by atoms with E-state index in [0.29, 0.717) is 5.92 Å². The predicted molar refractivity (Wildman–Crippen MR) is 88.3 cm³/mol. The van der Waals surface area contributed by atoms with Crippen LogP contribution in [0.4, 0.5) is 0 Å². The summed E-state index contributed by atoms with van der Waals surface area (Å²) in [7, 11) is 0. The third-order valence-electron chi connectivity index (χ3n) is 4.57. The van der Waals surface area contributed by atoms with E-state index in [1.807, 2.05) is 0 Å². The predicted octanol–water partition coefficient (Wildman–Crippen LogP) is 3.21. The van der Waals surface area contributed by atoms with E-state index in [9.17, 15) is 0 Å². The van der Waals surface area contributed by atoms with Crippen LogP contribution in [0.3, 0.4) is 0 Å². The minimum Gasteiger partial charge on any atom is -0.359 e. The number of aromatic nitrogens is 1. The minimum atomic E-state index is 0.264. The summed E-state index contributed by atoms with van der Waals surface area (Å²) in [6.07, 6.45) is 2.45. The summed E-state index contributed by atoms with van der Waals surface area (Å²) in [5.41, 5.74) is 9.32. The first kappa shape index (κ1) is 15.3. The Balaban J connectivity index is 1.65. The molecule has 2 aromatic rings. The fourth-order valence-corrected chi connectivity index (χ4v) is 3.13. The van der Waals surface area contributed by atoms with Crippen molar-refractivity contribution >= 4 is 0 Å². The smallest absolute Gasteiger partial charge is 0.151 e. The standard InChI is InChI=1S/C18H25N3O/c1-13-5-7-15(8-6-13)18-10-17(22-20-18)12-21-9-3-4-16(11-21)14(2)19/h5-8,10,14,16H,3-4,9,11-12,19H2,1-2H3. The Bertz CT molecular complexity index is 603. The summed E-state index contributed by atoms with van der Waals surface area (Å²) >= 11 is 0. The van der Waals surface area contributed by atoms with Crippen molar-refractivity contribution in [2.75, 3.05) is 13.1 Å². The number of nitrogens with zero attached hydrogens (tertiary/aromatic N) is 2. The van der Waals surface area contributed by atoms with Crippen molar-refractivity contribution in [2.24, 2.45) is 11.7 Å². The second-order valence-electron chi connectivity index (χ2n) is 6.54. The van der Waals surface area contributed by atoms with Crippen LogP contribution in [0, 0.1) is 12.8 Å². The van der Waals surface area contributed by atoms with Gasteiger partial charge in [0.05, 0.1) is 6.54 Å². The molecule has 4 heteroatoms. The third kappa shape index (κ3) is 3.57. The van der Waals surface area contributed by atoms with Gasteiger partial charge in [-0.3, -0.25) is 4.90 Å². The first-order valence-corrected chi connectivity index (χ1v) is 8.12. The molecule has 0 spiro atoms. The molecule has 118 valence electrons. The van der Waals surface area contributed by atoms with Gasteiger partial charge in [-0.15, -0.1) is 0 Å². The highest BCUT2D eigenvalue weighted by molar-refractivity contribution is 5.59. The first-order chi connectivity index (χ1) is 10.6. The maximum absolute atomic E-state index is 6.05. The number of nitrogens with two attached hydrogens (primary N) is 1. The molecule has 0 saturated carbocycles. The summed E-state index contributed by atoms with van der Waals surface area (Å²) in [4.78, 5) is 2.43. The molecule has 0 bridgehead atoms. The molecular formula is C18H25N3O. The minimum absolute atomic E-state index is 0.264. The van der Waals surface area contributed by atoms with Gasteiger partial charge in [-0.25, -0.2) is 0 Å². The van der Waals surface area contributed by atoms with Crippen LogP contribution >= 0.6 is 0 Å². The number of likely N-dealkylation sites (tertiary alicyclic amines) is 1. The highest BCUT2D eigenvalue weighted by Crippen LogP contribution is 2.23. The Labute approximate surface area is 132 Å². The number of aryl methyl sites for hydroxylation is 1. The zero-order valence-corrected chi connectivity index (χ0v) is 13.5. The molecule has 3 rings (SSSR count). The molecule has 0 amide bonds. The van der Waals surface area contributed by atoms with Crippen LogP contribution in [-0.2, 0) is 6.54 Å². The summed E-state index contributed by atoms with van der Waals surface area (Å²) in [6.45, 7) is 7.19. The van der Waals surface area contributed by atoms with Gasteiger partial charge in [-0.2, -0.15) is 0 Å². The quantitative estimate of drug-likeness (QED) is 0.942. The lowest BCUT2D eigenvalue weighted by Crippen LogP contribution is -2.41. The van der Waals surface area contributed by atoms with Gasteiger partial charge in [0.1, 0.15) is 5.69 Å². The topological polar surface area (TPSA) is 55.3 Å². The third-order valence-corrected chi connectivity index (χ3v) is 4.57. The van der Waals surface area contributed by atoms with E-state index >= 15 is 0 Å². The van der Waals surface area contributed by atoms with Gasteiger partial charge in [-0.05, 0) is 39.2 Å². The summed E-state index contributed by atoms with van der Waals surface area (Å²) in [6, 6.07) is 10.7. The van der Waals surface area contributed by atoms with Crippen molar-refractivity contribution in [3.63, 3.8) is 0 Å². The van der Waals surface area contributed by atoms with Gasteiger partial charge in [0.15, 0.2) is 5.76 Å². The highest BCUT2D eigenvalue weighted by Gasteiger charge is 2.23. The van der Waals surface area contributed by atoms with E-state index < -0.39 is 0 Å². The number of piperidine rings is 1. The maximum atomic E-state index is 6.05. The van der Waals surface area contributed by atoms with E-state index in [1.54, 1.807) is 0 Å². The largest absolute Gasteiger partial charge is 0.359 e. The lowest BCUT2D eigenvalue weighted by molar-refractivity contribution is 0.141. The molecule has 1 aliphatic rings. The second kappa shape index (κ2) is 6.63. The van der Waals surface area contributed by atoms with Crippen LogP contribution in [0.5, 0.6) is 0 Å². The van der Waals surface area contributed by atoms with E-state index in [2.05, 4.69) is 54.2 Å². The first-order valence-electron chi connectivity index (χ1n) is 8.12. The van der Waals surface area contributed by atoms with Crippen LogP contribution in [0.1, 0.15) is 31.1 Å². The normalized spacial score (nSPS) is 21.0. The molecule has 1 aromatic carbocycles. The van der Waals surface area contributed by atoms with Crippen molar-refractivity contribution in [3.8, 4) is 11.3 Å². The average Bonchev–Trinajstić information content (AvgIpc) is 2.96. The lowest BCUT2D eigenvalue weighted by Gasteiger charge is -2.33. The number of rotatable bonds is 4. The van der Waals surface area contributed by atoms with E-state index in [0.717, 1.165) is 36.7 Å². The molecule has 1 fully saturated rings. The van der Waals surface area contributed by atoms with E-state index in [-0.39, 0.29) is 6.04 Å². The van der Waals surface area contributed by atoms with Crippen LogP contribution < -0.4 is 5.73 Å². The molecular weight excluding hydrogens is 274 g/mol. The number of benzene rings is 1. The zero-order chi connectivity index (χ0) is 15.5. The summed E-state index contributed by atoms with van der Waals surface area (Å²) < 4.78 is 5.52. The molecule has 2 heterocycles. The Kier molecular flexibility index (Phi) is 4.60. The van der Waals surface area contributed by atoms with E-state index in [1.165, 1.54) is 18.4 Å². The molecule has 1 aromatic heterocycles. The summed E-state index contributed by atoms with van der Waals surface area (Å²) in [5, 5.41) is 4.21. The van der Waals surface area contributed by atoms with Crippen molar-refractivity contribution in [1.29, 1.82) is 0 Å². The molecule has 4 nitrogen and oxygen atoms in total. The highest BCUT2D eigenvalue weighted by atomic mass is 16.5. The fraction of sp³-hybridized carbons (Fsp3) is 0.500. The number of hydrogen-bond donors (Lipinski definition) is 1. The van der Waals surface area contributed by atoms with Crippen molar-refractivity contribution in [1.82, 2.24) is 10.1 Å². The van der Waals surface area contributed by atoms with Crippen molar-refractivity contribution in [3.05, 3.63) is 41.7 Å². The molecule has 22 heavy (non-hydrogen) atoms. The van der Waals surface area contributed by atoms with Crippen LogP contribution in [0.15, 0.2) is 34.9 Å². The average molecular weight is 299 g/mol. The molecule has 2 unspecified atom stereocenters. The fourth-order valence-electron chi connectivity index (χ4n) is 3.13. The molecule has 2 N–H and O–H groups in total. The second-order valence-corrected chi connectivity index (χ2v) is 6.54. The maximum Gasteiger partial charge on any atom is 0.151 e. The SMILES string of the molecule is Cc1ccc(-c2cc(CN3CCCC(C(C)N)C3)on2)cc1. The summed E-state index contributed by atoms with van der Waals surface area (Å²) in [5.74, 6) is 1.52. The van der Waals surface area contributed by atoms with Gasteiger partial charge in [-0.1, -0.05) is 35.0 Å². The van der Waals surface area contributed by atoms with E-state index in [4.69, 9.17) is 10.3 Å². The Hall–Kier alpha value is -1.65. The van der Waals surface area contributed by atoms with Crippen molar-refractivity contribution in [2.45, 2.75) is 39.3 Å². The Morgan fingerprint density at radius 1 is 1.36 bits per heavy atom. The van der Waals surface area contributed by atoms with Gasteiger partial charge in [0.25, 0.3) is 0 Å². The van der Waals surface area contributed by atoms with Crippen LogP contribution in [0.25, 0.3) is 11.3 Å². The van der Waals surface area contributed by atoms with Gasteiger partial charge in [0, 0.05) is 24.2 Å². The Morgan fingerprint density at radius 3 is 2.86 bits per heavy atom. The zero-order valence-electron chi connectivity index (χ0n) is 13.5. The molecule has 0 aliphatic carbocycles. The lowest BCUT2D eigenvalue weighted by atomic mass is 9.92. The molecule has 1 aliphatic heterocycles. The van der Waals surface area contributed by atoms with Crippen LogP contribution in [0.2, 0.25) is 0 Å². The number of hydrogen-bond acceptors (Lipinski definition) is 4. The molecule has 0 radical (unpaired) electrons. The monoisotopic (exact) mass is 299 g/mol. The molecule has 1 saturated heterocycles. The van der Waals surface area contributed by atoms with Crippen LogP contribution in [-0.4, -0.2) is 29.2 Å². The van der Waals surface area contributed by atoms with Gasteiger partial charge >= 0.3 is 0 Å².